The Morgan fingerprint density at radius 3 is 2.90 bits per heavy atom. The first kappa shape index (κ1) is 13.7. The molecule has 1 aliphatic rings. The van der Waals surface area contributed by atoms with Gasteiger partial charge in [0.05, 0.1) is 11.8 Å². The van der Waals surface area contributed by atoms with Gasteiger partial charge in [0.2, 0.25) is 16.9 Å². The number of hydrogen-bond acceptors (Lipinski definition) is 6. The van der Waals surface area contributed by atoms with Crippen molar-refractivity contribution in [3.8, 4) is 11.4 Å². The third-order valence-electron chi connectivity index (χ3n) is 3.41. The molecule has 1 saturated heterocycles. The van der Waals surface area contributed by atoms with Crippen LogP contribution in [0, 0.1) is 0 Å². The Morgan fingerprint density at radius 1 is 1.48 bits per heavy atom. The van der Waals surface area contributed by atoms with Gasteiger partial charge >= 0.3 is 0 Å². The maximum Gasteiger partial charge on any atom is 0.248 e. The number of anilines is 1. The van der Waals surface area contributed by atoms with Crippen molar-refractivity contribution in [1.29, 1.82) is 0 Å². The summed E-state index contributed by atoms with van der Waals surface area (Å²) in [7, 11) is 3.45. The lowest BCUT2D eigenvalue weighted by molar-refractivity contribution is -0.131. The van der Waals surface area contributed by atoms with Crippen molar-refractivity contribution < 1.29 is 9.59 Å². The number of carbonyl (C=O) groups excluding carboxylic acids is 2. The van der Waals surface area contributed by atoms with E-state index in [2.05, 4.69) is 19.8 Å². The van der Waals surface area contributed by atoms with Crippen LogP contribution < -0.4 is 5.32 Å². The molecule has 1 aliphatic heterocycles. The van der Waals surface area contributed by atoms with Crippen LogP contribution in [0.4, 0.5) is 5.13 Å². The van der Waals surface area contributed by atoms with E-state index in [-0.39, 0.29) is 11.8 Å². The summed E-state index contributed by atoms with van der Waals surface area (Å²) in [6.07, 6.45) is 4.41. The van der Waals surface area contributed by atoms with Gasteiger partial charge in [0.15, 0.2) is 5.82 Å². The largest absolute Gasteiger partial charge is 0.334 e. The first-order chi connectivity index (χ1) is 10.0. The molecule has 0 bridgehead atoms. The summed E-state index contributed by atoms with van der Waals surface area (Å²) < 4.78 is 5.86. The molecule has 2 aromatic heterocycles. The average molecular weight is 306 g/mol. The molecule has 0 aliphatic carbocycles. The number of nitrogens with zero attached hydrogens (tertiary/aromatic N) is 5. The van der Waals surface area contributed by atoms with Crippen molar-refractivity contribution in [3.05, 3.63) is 12.4 Å². The maximum atomic E-state index is 12.1. The Bertz CT molecular complexity index is 693. The molecule has 1 fully saturated rings. The van der Waals surface area contributed by atoms with Gasteiger partial charge in [-0.3, -0.25) is 19.6 Å². The molecule has 2 amide bonds. The van der Waals surface area contributed by atoms with E-state index < -0.39 is 6.04 Å². The molecule has 9 heteroatoms. The van der Waals surface area contributed by atoms with Crippen molar-refractivity contribution in [2.45, 2.75) is 18.9 Å². The molecule has 0 spiro atoms. The van der Waals surface area contributed by atoms with E-state index in [0.717, 1.165) is 17.1 Å². The van der Waals surface area contributed by atoms with E-state index in [1.165, 1.54) is 4.90 Å². The van der Waals surface area contributed by atoms with E-state index in [1.54, 1.807) is 24.1 Å². The van der Waals surface area contributed by atoms with E-state index in [4.69, 9.17) is 0 Å². The number of likely N-dealkylation sites (N-methyl/N-ethyl adjacent to an activating group) is 1. The zero-order valence-electron chi connectivity index (χ0n) is 11.6. The molecular weight excluding hydrogens is 292 g/mol. The molecule has 8 nitrogen and oxygen atoms in total. The second kappa shape index (κ2) is 5.24. The third-order valence-corrected chi connectivity index (χ3v) is 4.04. The molecule has 0 radical (unpaired) electrons. The number of rotatable bonds is 3. The number of hydrogen-bond donors (Lipinski definition) is 1. The van der Waals surface area contributed by atoms with Crippen LogP contribution in [0.15, 0.2) is 12.4 Å². The Balaban J connectivity index is 1.70. The van der Waals surface area contributed by atoms with Gasteiger partial charge in [-0.2, -0.15) is 14.5 Å². The summed E-state index contributed by atoms with van der Waals surface area (Å²) in [5.41, 5.74) is 0.794. The van der Waals surface area contributed by atoms with Gasteiger partial charge in [-0.25, -0.2) is 0 Å². The molecule has 0 unspecified atom stereocenters. The van der Waals surface area contributed by atoms with E-state index >= 15 is 0 Å². The molecular formula is C12H14N6O2S. The van der Waals surface area contributed by atoms with Gasteiger partial charge in [0.25, 0.3) is 0 Å². The number of nitrogens with one attached hydrogen (secondary N) is 1. The van der Waals surface area contributed by atoms with E-state index in [1.807, 2.05) is 7.05 Å². The van der Waals surface area contributed by atoms with Crippen molar-refractivity contribution in [2.75, 3.05) is 12.4 Å². The van der Waals surface area contributed by atoms with Crippen LogP contribution in [0.1, 0.15) is 12.8 Å². The fraction of sp³-hybridized carbons (Fsp3) is 0.417. The first-order valence-corrected chi connectivity index (χ1v) is 7.21. The lowest BCUT2D eigenvalue weighted by Crippen LogP contribution is -2.38. The highest BCUT2D eigenvalue weighted by Gasteiger charge is 2.33. The highest BCUT2D eigenvalue weighted by molar-refractivity contribution is 7.10. The molecule has 3 heterocycles. The number of amides is 2. The topological polar surface area (TPSA) is 93.0 Å². The minimum absolute atomic E-state index is 0.0107. The van der Waals surface area contributed by atoms with Crippen molar-refractivity contribution in [3.63, 3.8) is 0 Å². The van der Waals surface area contributed by atoms with Crippen molar-refractivity contribution >= 4 is 28.5 Å². The van der Waals surface area contributed by atoms with Crippen LogP contribution >= 0.6 is 11.5 Å². The quantitative estimate of drug-likeness (QED) is 0.891. The monoisotopic (exact) mass is 306 g/mol. The van der Waals surface area contributed by atoms with Crippen LogP contribution in [-0.2, 0) is 16.6 Å². The summed E-state index contributed by atoms with van der Waals surface area (Å²) in [6, 6.07) is -0.428. The van der Waals surface area contributed by atoms with Crippen molar-refractivity contribution in [1.82, 2.24) is 24.0 Å². The number of carbonyl (C=O) groups is 2. The lowest BCUT2D eigenvalue weighted by atomic mass is 10.2. The Morgan fingerprint density at radius 2 is 2.29 bits per heavy atom. The fourth-order valence-corrected chi connectivity index (χ4v) is 2.82. The molecule has 110 valence electrons. The molecule has 1 N–H and O–H groups in total. The van der Waals surface area contributed by atoms with Gasteiger partial charge in [-0.1, -0.05) is 0 Å². The molecule has 0 aromatic carbocycles. The predicted octanol–water partition coefficient (Wildman–Crippen LogP) is 0.498. The molecule has 0 saturated carbocycles. The zero-order chi connectivity index (χ0) is 15.0. The SMILES string of the molecule is CN1C(=O)CC[C@H]1C(=O)Nc1nc(-c2cnn(C)c2)ns1. The smallest absolute Gasteiger partial charge is 0.248 e. The highest BCUT2D eigenvalue weighted by Crippen LogP contribution is 2.22. The second-order valence-electron chi connectivity index (χ2n) is 4.87. The first-order valence-electron chi connectivity index (χ1n) is 6.44. The Hall–Kier alpha value is -2.29. The second-order valence-corrected chi connectivity index (χ2v) is 5.63. The van der Waals surface area contributed by atoms with Gasteiger partial charge in [0.1, 0.15) is 6.04 Å². The highest BCUT2D eigenvalue weighted by atomic mass is 32.1. The van der Waals surface area contributed by atoms with Crippen molar-refractivity contribution in [2.24, 2.45) is 7.05 Å². The van der Waals surface area contributed by atoms with Crippen LogP contribution in [0.2, 0.25) is 0 Å². The molecule has 2 aromatic rings. The van der Waals surface area contributed by atoms with Crippen LogP contribution in [0.3, 0.4) is 0 Å². The minimum Gasteiger partial charge on any atom is -0.334 e. The lowest BCUT2D eigenvalue weighted by Gasteiger charge is -2.17. The molecule has 3 rings (SSSR count). The molecule has 1 atom stereocenters. The summed E-state index contributed by atoms with van der Waals surface area (Å²) >= 11 is 1.11. The Labute approximate surface area is 124 Å². The Kier molecular flexibility index (Phi) is 3.42. The third kappa shape index (κ3) is 2.64. The van der Waals surface area contributed by atoms with Gasteiger partial charge < -0.3 is 4.90 Å². The van der Waals surface area contributed by atoms with Gasteiger partial charge in [-0.15, -0.1) is 0 Å². The normalized spacial score (nSPS) is 18.3. The number of aryl methyl sites for hydroxylation is 1. The standard InChI is InChI=1S/C12H14N6O2S/c1-17-6-7(5-13-17)10-14-12(21-16-10)15-11(20)8-3-4-9(19)18(8)2/h5-6,8H,3-4H2,1-2H3,(H,14,15,16,20)/t8-/m0/s1. The van der Waals surface area contributed by atoms with Gasteiger partial charge in [-0.05, 0) is 6.42 Å². The summed E-state index contributed by atoms with van der Waals surface area (Å²) in [5, 5.41) is 7.19. The predicted molar refractivity (Wildman–Crippen MR) is 76.5 cm³/mol. The van der Waals surface area contributed by atoms with Gasteiger partial charge in [0, 0.05) is 38.2 Å². The number of likely N-dealkylation sites (tertiary alicyclic amines) is 1. The van der Waals surface area contributed by atoms with Crippen LogP contribution in [-0.4, -0.2) is 48.9 Å². The maximum absolute atomic E-state index is 12.1. The van der Waals surface area contributed by atoms with E-state index in [9.17, 15) is 9.59 Å². The fourth-order valence-electron chi connectivity index (χ4n) is 2.23. The average Bonchev–Trinajstić information content (AvgIpc) is 3.13. The van der Waals surface area contributed by atoms with E-state index in [0.29, 0.717) is 23.8 Å². The minimum atomic E-state index is -0.428. The number of aromatic nitrogens is 4. The van der Waals surface area contributed by atoms with Crippen LogP contribution in [0.25, 0.3) is 11.4 Å². The summed E-state index contributed by atoms with van der Waals surface area (Å²) in [6.45, 7) is 0. The summed E-state index contributed by atoms with van der Waals surface area (Å²) in [5.74, 6) is 0.292. The van der Waals surface area contributed by atoms with Crippen LogP contribution in [0.5, 0.6) is 0 Å². The summed E-state index contributed by atoms with van der Waals surface area (Å²) in [4.78, 5) is 29.3. The zero-order valence-corrected chi connectivity index (χ0v) is 12.4. The molecule has 21 heavy (non-hydrogen) atoms.